The van der Waals surface area contributed by atoms with Gasteiger partial charge in [-0.1, -0.05) is 36.4 Å². The maximum absolute atomic E-state index is 9.75. The fourth-order valence-corrected chi connectivity index (χ4v) is 4.22. The number of halogens is 16. The van der Waals surface area contributed by atoms with Gasteiger partial charge in [0.1, 0.15) is 0 Å². The van der Waals surface area contributed by atoms with E-state index in [9.17, 15) is 69.1 Å². The van der Waals surface area contributed by atoms with Crippen molar-refractivity contribution in [2.24, 2.45) is 30.6 Å². The van der Waals surface area contributed by atoms with Gasteiger partial charge < -0.3 is 69.1 Å². The van der Waals surface area contributed by atoms with E-state index in [4.69, 9.17) is 0 Å². The third kappa shape index (κ3) is 45.7. The second kappa shape index (κ2) is 38.6. The molecule has 0 bridgehead atoms. The molecular weight excluding hydrogens is 1150 g/mol. The van der Waals surface area contributed by atoms with Crippen molar-refractivity contribution in [3.63, 3.8) is 0 Å². The molecule has 0 atom stereocenters. The van der Waals surface area contributed by atoms with Gasteiger partial charge in [-0.05, 0) is 114 Å². The Bertz CT molecular complexity index is 2180. The third-order valence-electron chi connectivity index (χ3n) is 7.26. The van der Waals surface area contributed by atoms with E-state index in [1.165, 1.54) is 0 Å². The number of hydrogen-bond acceptors (Lipinski definition) is 12. The number of aromatic nitrogens is 6. The van der Waals surface area contributed by atoms with Gasteiger partial charge in [-0.3, -0.25) is 29.9 Å². The molecular formula is C42H42B4Cu2F16N12. The Morgan fingerprint density at radius 2 is 0.355 bits per heavy atom. The fraction of sp³-hybridized carbons (Fsp3) is 0.143. The van der Waals surface area contributed by atoms with Crippen LogP contribution in [0.15, 0.2) is 177 Å². The van der Waals surface area contributed by atoms with Crippen molar-refractivity contribution in [2.75, 3.05) is 0 Å². The normalized spacial score (nSPS) is 12.1. The van der Waals surface area contributed by atoms with Crippen LogP contribution in [0.3, 0.4) is 0 Å². The van der Waals surface area contributed by atoms with E-state index < -0.39 is 29.0 Å². The van der Waals surface area contributed by atoms with Gasteiger partial charge in [0, 0.05) is 37.2 Å². The van der Waals surface area contributed by atoms with Crippen LogP contribution in [0.4, 0.5) is 69.1 Å². The van der Waals surface area contributed by atoms with Gasteiger partial charge in [0.05, 0.1) is 68.4 Å². The van der Waals surface area contributed by atoms with Crippen LogP contribution in [0.2, 0.25) is 0 Å². The molecule has 0 aliphatic carbocycles. The summed E-state index contributed by atoms with van der Waals surface area (Å²) in [6.45, 7) is 11.3. The molecule has 0 aliphatic heterocycles. The van der Waals surface area contributed by atoms with E-state index >= 15 is 0 Å². The summed E-state index contributed by atoms with van der Waals surface area (Å²) in [5.41, 5.74) is 9.67. The zero-order chi connectivity index (χ0) is 56.4. The predicted molar refractivity (Wildman–Crippen MR) is 259 cm³/mol. The molecule has 6 heterocycles. The summed E-state index contributed by atoms with van der Waals surface area (Å²) < 4.78 is 156. The first-order chi connectivity index (χ1) is 34.3. The van der Waals surface area contributed by atoms with Gasteiger partial charge >= 0.3 is 63.2 Å². The van der Waals surface area contributed by atoms with E-state index in [1.54, 1.807) is 37.2 Å². The number of nitrogens with zero attached hydrogens (tertiary/aromatic N) is 12. The van der Waals surface area contributed by atoms with Crippen molar-refractivity contribution in [3.8, 4) is 0 Å². The maximum atomic E-state index is 9.75. The van der Waals surface area contributed by atoms with Crippen LogP contribution in [0, 0.1) is 0 Å². The molecule has 0 saturated heterocycles. The van der Waals surface area contributed by atoms with Gasteiger partial charge in [-0.25, -0.2) is 0 Å². The summed E-state index contributed by atoms with van der Waals surface area (Å²) in [7, 11) is -24.0. The molecule has 0 unspecified atom stereocenters. The van der Waals surface area contributed by atoms with Gasteiger partial charge in [-0.15, -0.1) is 0 Å². The minimum atomic E-state index is -6.00. The minimum Gasteiger partial charge on any atom is -0.418 e. The van der Waals surface area contributed by atoms with E-state index in [0.29, 0.717) is 0 Å². The Labute approximate surface area is 447 Å². The summed E-state index contributed by atoms with van der Waals surface area (Å²) in [6, 6.07) is 34.3. The van der Waals surface area contributed by atoms with Crippen LogP contribution < -0.4 is 0 Å². The molecule has 0 aromatic carbocycles. The van der Waals surface area contributed by atoms with E-state index in [0.717, 1.165) is 68.4 Å². The molecule has 416 valence electrons. The summed E-state index contributed by atoms with van der Waals surface area (Å²) >= 11 is 0. The van der Waals surface area contributed by atoms with Crippen molar-refractivity contribution >= 4 is 63.3 Å². The Kier molecular flexibility index (Phi) is 37.3. The molecule has 0 saturated carbocycles. The van der Waals surface area contributed by atoms with E-state index in [-0.39, 0.29) is 34.1 Å². The van der Waals surface area contributed by atoms with Crippen LogP contribution in [0.25, 0.3) is 0 Å². The van der Waals surface area contributed by atoms with Crippen LogP contribution in [0.5, 0.6) is 0 Å². The fourth-order valence-electron chi connectivity index (χ4n) is 4.22. The quantitative estimate of drug-likeness (QED) is 0.0608. The Morgan fingerprint density at radius 3 is 0.434 bits per heavy atom. The molecule has 6 aromatic heterocycles. The Balaban J connectivity index is -0.000000882. The summed E-state index contributed by atoms with van der Waals surface area (Å²) in [6.07, 6.45) is 10.4. The zero-order valence-corrected chi connectivity index (χ0v) is 42.1. The molecule has 6 rings (SSSR count). The van der Waals surface area contributed by atoms with Gasteiger partial charge in [0.15, 0.2) is 0 Å². The van der Waals surface area contributed by atoms with Gasteiger partial charge in [0.2, 0.25) is 0 Å². The van der Waals surface area contributed by atoms with E-state index in [2.05, 4.69) is 60.5 Å². The van der Waals surface area contributed by atoms with Crippen LogP contribution in [0.1, 0.15) is 75.7 Å². The first-order valence-corrected chi connectivity index (χ1v) is 20.6. The molecule has 6 aromatic rings. The number of hydrogen-bond donors (Lipinski definition) is 0. The SMILES string of the molecule is C/C(=N\N=C(/C)c1ccccn1)c1ccccn1.C/C(=N\N=C(/C)c1ccccn1)c1ccccn1.C/C(=N\N=C(/C)c1ccccn1)c1ccccn1.F[B-](F)(F)F.F[B-](F)(F)F.F[B-](F)(F)F.F[B-](F)(F)F.[Cu+2].[Cu+2]. The molecule has 0 aliphatic rings. The number of pyridine rings is 6. The third-order valence-corrected chi connectivity index (χ3v) is 7.26. The van der Waals surface area contributed by atoms with Gasteiger partial charge in [-0.2, -0.15) is 30.6 Å². The van der Waals surface area contributed by atoms with Crippen molar-refractivity contribution in [3.05, 3.63) is 181 Å². The number of rotatable bonds is 9. The molecule has 76 heavy (non-hydrogen) atoms. The largest absolute Gasteiger partial charge is 2.00 e. The Morgan fingerprint density at radius 1 is 0.250 bits per heavy atom. The summed E-state index contributed by atoms with van der Waals surface area (Å²) in [5, 5.41) is 25.0. The van der Waals surface area contributed by atoms with Crippen LogP contribution in [-0.2, 0) is 34.1 Å². The minimum absolute atomic E-state index is 0. The van der Waals surface area contributed by atoms with Crippen LogP contribution >= 0.6 is 0 Å². The van der Waals surface area contributed by atoms with Crippen LogP contribution in [-0.4, -0.2) is 93.2 Å². The second-order valence-corrected chi connectivity index (χ2v) is 13.4. The monoisotopic (exact) mass is 1190 g/mol. The topological polar surface area (TPSA) is 152 Å². The smallest absolute Gasteiger partial charge is 0.418 e. The molecule has 2 radical (unpaired) electrons. The first kappa shape index (κ1) is 73.3. The Hall–Kier alpha value is -6.90. The van der Waals surface area contributed by atoms with Crippen molar-refractivity contribution in [2.45, 2.75) is 41.5 Å². The summed E-state index contributed by atoms with van der Waals surface area (Å²) in [4.78, 5) is 25.3. The molecule has 0 N–H and O–H groups in total. The predicted octanol–water partition coefficient (Wildman–Crippen LogP) is 13.3. The first-order valence-electron chi connectivity index (χ1n) is 20.6. The summed E-state index contributed by atoms with van der Waals surface area (Å²) in [5.74, 6) is 0. The van der Waals surface area contributed by atoms with Crippen molar-refractivity contribution in [1.29, 1.82) is 0 Å². The van der Waals surface area contributed by atoms with Gasteiger partial charge in [0.25, 0.3) is 0 Å². The molecule has 0 fully saturated rings. The average Bonchev–Trinajstić information content (AvgIpc) is 3.34. The van der Waals surface area contributed by atoms with Crippen molar-refractivity contribution < 1.29 is 103 Å². The average molecular weight is 1190 g/mol. The molecule has 34 heteroatoms. The molecule has 12 nitrogen and oxygen atoms in total. The van der Waals surface area contributed by atoms with Crippen molar-refractivity contribution in [1.82, 2.24) is 29.9 Å². The molecule has 0 amide bonds. The zero-order valence-electron chi connectivity index (χ0n) is 40.2. The van der Waals surface area contributed by atoms with E-state index in [1.807, 2.05) is 151 Å². The molecule has 0 spiro atoms. The maximum Gasteiger partial charge on any atom is 2.00 e. The standard InChI is InChI=1S/3C14H14N4.4BF4.2Cu/c3*1-11(13-7-3-5-9-15-13)17-18-12(2)14-8-4-6-10-16-14;4*2-1(3,4)5;;/h3*3-10H,1-2H3;;;;;;/q;;;4*-1;2*+2/b3*17-11+,18-12+;;;;;;. The second-order valence-electron chi connectivity index (χ2n) is 13.4.